The van der Waals surface area contributed by atoms with Crippen molar-refractivity contribution in [1.29, 1.82) is 0 Å². The summed E-state index contributed by atoms with van der Waals surface area (Å²) in [6.45, 7) is 10.5. The third kappa shape index (κ3) is 7.85. The van der Waals surface area contributed by atoms with Crippen molar-refractivity contribution >= 4 is 23.8 Å². The average molecular weight is 396 g/mol. The molecule has 0 amide bonds. The van der Waals surface area contributed by atoms with Gasteiger partial charge in [0.1, 0.15) is 17.0 Å². The SMILES string of the molecule is CC(C)(C)OC(=O)n1ccc(N)n1.CC(C)(C)OC(=O)n1ccc([N+](=O)[O-])n1. The summed E-state index contributed by atoms with van der Waals surface area (Å²) in [5.41, 5.74) is 4.17. The number of anilines is 1. The lowest BCUT2D eigenvalue weighted by atomic mass is 10.2. The van der Waals surface area contributed by atoms with Gasteiger partial charge in [-0.25, -0.2) is 9.59 Å². The van der Waals surface area contributed by atoms with Gasteiger partial charge in [-0.2, -0.15) is 4.68 Å². The number of ether oxygens (including phenoxy) is 2. The number of hydrogen-bond acceptors (Lipinski definition) is 9. The first-order valence-corrected chi connectivity index (χ1v) is 8.16. The molecule has 154 valence electrons. The maximum absolute atomic E-state index is 11.4. The maximum Gasteiger partial charge on any atom is 0.454 e. The van der Waals surface area contributed by atoms with Crippen molar-refractivity contribution in [3.8, 4) is 0 Å². The quantitative estimate of drug-likeness (QED) is 0.565. The van der Waals surface area contributed by atoms with Gasteiger partial charge in [0.25, 0.3) is 0 Å². The number of nitrogen functional groups attached to an aromatic ring is 1. The number of nitrogens with zero attached hydrogens (tertiary/aromatic N) is 5. The molecule has 2 aromatic rings. The molecule has 2 aromatic heterocycles. The molecule has 0 unspecified atom stereocenters. The normalized spacial score (nSPS) is 11.2. The fourth-order valence-corrected chi connectivity index (χ4v) is 1.57. The van der Waals surface area contributed by atoms with Crippen LogP contribution in [0.25, 0.3) is 0 Å². The Balaban J connectivity index is 0.000000283. The van der Waals surface area contributed by atoms with E-state index in [-0.39, 0.29) is 5.82 Å². The molecule has 0 aliphatic rings. The van der Waals surface area contributed by atoms with E-state index in [1.807, 2.05) is 0 Å². The van der Waals surface area contributed by atoms with Gasteiger partial charge in [-0.3, -0.25) is 0 Å². The molecule has 0 bridgehead atoms. The molecule has 0 fully saturated rings. The van der Waals surface area contributed by atoms with Crippen LogP contribution in [-0.4, -0.2) is 47.9 Å². The molecule has 28 heavy (non-hydrogen) atoms. The lowest BCUT2D eigenvalue weighted by Gasteiger charge is -2.18. The first kappa shape index (κ1) is 22.6. The number of carbonyl (C=O) groups excluding carboxylic acids is 2. The van der Waals surface area contributed by atoms with Gasteiger partial charge in [0.2, 0.25) is 0 Å². The third-order valence-electron chi connectivity index (χ3n) is 2.53. The van der Waals surface area contributed by atoms with Gasteiger partial charge in [-0.15, -0.1) is 5.10 Å². The van der Waals surface area contributed by atoms with Gasteiger partial charge < -0.3 is 25.3 Å². The summed E-state index contributed by atoms with van der Waals surface area (Å²) in [5, 5.41) is 17.5. The molecule has 0 radical (unpaired) electrons. The van der Waals surface area contributed by atoms with Crippen LogP contribution in [0.4, 0.5) is 21.2 Å². The third-order valence-corrected chi connectivity index (χ3v) is 2.53. The lowest BCUT2D eigenvalue weighted by molar-refractivity contribution is -0.389. The number of aromatic nitrogens is 4. The Kier molecular flexibility index (Phi) is 6.86. The van der Waals surface area contributed by atoms with Crippen LogP contribution in [0, 0.1) is 10.1 Å². The van der Waals surface area contributed by atoms with Gasteiger partial charge in [0.15, 0.2) is 0 Å². The number of nitrogens with two attached hydrogens (primary N) is 1. The van der Waals surface area contributed by atoms with Crippen molar-refractivity contribution in [2.24, 2.45) is 0 Å². The average Bonchev–Trinajstić information content (AvgIpc) is 3.13. The highest BCUT2D eigenvalue weighted by molar-refractivity contribution is 5.70. The van der Waals surface area contributed by atoms with E-state index in [4.69, 9.17) is 15.2 Å². The van der Waals surface area contributed by atoms with Crippen molar-refractivity contribution < 1.29 is 24.0 Å². The molecule has 0 atom stereocenters. The predicted octanol–water partition coefficient (Wildman–Crippen LogP) is 2.82. The van der Waals surface area contributed by atoms with E-state index in [1.54, 1.807) is 41.5 Å². The number of hydrogen-bond donors (Lipinski definition) is 1. The monoisotopic (exact) mass is 396 g/mol. The highest BCUT2D eigenvalue weighted by Gasteiger charge is 2.22. The van der Waals surface area contributed by atoms with E-state index < -0.39 is 28.3 Å². The second-order valence-electron chi connectivity index (χ2n) is 7.52. The minimum absolute atomic E-state index is 0.297. The van der Waals surface area contributed by atoms with Crippen molar-refractivity contribution in [1.82, 2.24) is 19.6 Å². The summed E-state index contributed by atoms with van der Waals surface area (Å²) < 4.78 is 11.9. The summed E-state index contributed by atoms with van der Waals surface area (Å²) in [7, 11) is 0. The zero-order chi connectivity index (χ0) is 21.7. The van der Waals surface area contributed by atoms with E-state index in [9.17, 15) is 19.7 Å². The van der Waals surface area contributed by atoms with Crippen LogP contribution in [0.3, 0.4) is 0 Å². The van der Waals surface area contributed by atoms with E-state index in [0.29, 0.717) is 5.82 Å². The van der Waals surface area contributed by atoms with E-state index >= 15 is 0 Å². The van der Waals surface area contributed by atoms with Crippen molar-refractivity contribution in [2.45, 2.75) is 52.7 Å². The second-order valence-corrected chi connectivity index (χ2v) is 7.52. The standard InChI is InChI=1S/C8H11N3O4.C8H13N3O2/c1-8(2,3)15-7(12)10-5-4-6(9-10)11(13)14;1-8(2,3)13-7(12)11-5-4-6(9)10-11/h4-5H,1-3H3;4-5H,1-3H3,(H2,9,10). The summed E-state index contributed by atoms with van der Waals surface area (Å²) in [5.74, 6) is -0.0910. The minimum atomic E-state index is -0.740. The van der Waals surface area contributed by atoms with Gasteiger partial charge in [0, 0.05) is 12.3 Å². The number of carbonyl (C=O) groups is 2. The van der Waals surface area contributed by atoms with Crippen LogP contribution in [-0.2, 0) is 9.47 Å². The minimum Gasteiger partial charge on any atom is -0.442 e. The van der Waals surface area contributed by atoms with Gasteiger partial charge in [-0.1, -0.05) is 4.68 Å². The molecule has 0 aliphatic carbocycles. The van der Waals surface area contributed by atoms with Gasteiger partial charge in [-0.05, 0) is 46.5 Å². The van der Waals surface area contributed by atoms with Crippen molar-refractivity contribution in [2.75, 3.05) is 5.73 Å². The number of rotatable bonds is 1. The smallest absolute Gasteiger partial charge is 0.442 e. The topological polar surface area (TPSA) is 157 Å². The second kappa shape index (κ2) is 8.50. The molecular weight excluding hydrogens is 372 g/mol. The number of nitro groups is 1. The Labute approximate surface area is 161 Å². The molecule has 0 aromatic carbocycles. The van der Waals surface area contributed by atoms with Crippen molar-refractivity contribution in [3.05, 3.63) is 34.6 Å². The largest absolute Gasteiger partial charge is 0.454 e. The zero-order valence-electron chi connectivity index (χ0n) is 16.6. The van der Waals surface area contributed by atoms with E-state index in [1.165, 1.54) is 18.5 Å². The van der Waals surface area contributed by atoms with Crippen LogP contribution in [0.5, 0.6) is 0 Å². The van der Waals surface area contributed by atoms with Gasteiger partial charge >= 0.3 is 18.0 Å². The van der Waals surface area contributed by atoms with Crippen molar-refractivity contribution in [3.63, 3.8) is 0 Å². The fourth-order valence-electron chi connectivity index (χ4n) is 1.57. The summed E-state index contributed by atoms with van der Waals surface area (Å²) in [6.07, 6.45) is 1.38. The van der Waals surface area contributed by atoms with Gasteiger partial charge in [0.05, 0.1) is 17.4 Å². The molecule has 12 nitrogen and oxygen atoms in total. The first-order chi connectivity index (χ1) is 12.7. The molecule has 2 N–H and O–H groups in total. The molecular formula is C16H24N6O6. The Bertz CT molecular complexity index is 842. The maximum atomic E-state index is 11.4. The molecule has 0 aliphatic heterocycles. The Morgan fingerprint density at radius 3 is 1.71 bits per heavy atom. The Morgan fingerprint density at radius 1 is 0.964 bits per heavy atom. The predicted molar refractivity (Wildman–Crippen MR) is 98.8 cm³/mol. The Morgan fingerprint density at radius 2 is 1.39 bits per heavy atom. The fraction of sp³-hybridized carbons (Fsp3) is 0.500. The molecule has 12 heteroatoms. The summed E-state index contributed by atoms with van der Waals surface area (Å²) in [4.78, 5) is 32.3. The van der Waals surface area contributed by atoms with E-state index in [0.717, 1.165) is 15.4 Å². The Hall–Kier alpha value is -3.44. The molecule has 0 saturated heterocycles. The van der Waals surface area contributed by atoms with Crippen LogP contribution in [0.1, 0.15) is 41.5 Å². The first-order valence-electron chi connectivity index (χ1n) is 8.16. The summed E-state index contributed by atoms with van der Waals surface area (Å²) in [6, 6.07) is 2.66. The molecule has 0 saturated carbocycles. The lowest BCUT2D eigenvalue weighted by Crippen LogP contribution is -2.27. The molecule has 2 rings (SSSR count). The zero-order valence-corrected chi connectivity index (χ0v) is 16.6. The molecule has 2 heterocycles. The van der Waals surface area contributed by atoms with Crippen LogP contribution >= 0.6 is 0 Å². The highest BCUT2D eigenvalue weighted by atomic mass is 16.6. The van der Waals surface area contributed by atoms with E-state index in [2.05, 4.69) is 10.2 Å². The van der Waals surface area contributed by atoms with Crippen LogP contribution < -0.4 is 5.73 Å². The van der Waals surface area contributed by atoms with Crippen LogP contribution in [0.15, 0.2) is 24.5 Å². The molecule has 0 spiro atoms. The summed E-state index contributed by atoms with van der Waals surface area (Å²) >= 11 is 0. The highest BCUT2D eigenvalue weighted by Crippen LogP contribution is 2.11. The van der Waals surface area contributed by atoms with Crippen LogP contribution in [0.2, 0.25) is 0 Å².